The zero-order valence-electron chi connectivity index (χ0n) is 14.4. The predicted molar refractivity (Wildman–Crippen MR) is 97.6 cm³/mol. The fourth-order valence-electron chi connectivity index (χ4n) is 2.37. The maximum absolute atomic E-state index is 12.3. The number of aryl methyl sites for hydroxylation is 2. The van der Waals surface area contributed by atoms with Crippen molar-refractivity contribution in [3.63, 3.8) is 0 Å². The summed E-state index contributed by atoms with van der Waals surface area (Å²) >= 11 is 2.61. The molecule has 1 N–H and O–H groups in total. The standard InChI is InChI=1S/C17H20N2O4S2/c1-4-22-16(21)14-12(11-5-6-11)7-24-15(14)19-13(20)8-25-17-18-9(2)10(3)23-17/h7,11H,4-6,8H2,1-3H3,(H,19,20). The molecule has 0 spiro atoms. The van der Waals surface area contributed by atoms with E-state index in [0.717, 1.165) is 29.9 Å². The highest BCUT2D eigenvalue weighted by Gasteiger charge is 2.32. The number of hydrogen-bond acceptors (Lipinski definition) is 7. The molecule has 0 radical (unpaired) electrons. The first-order valence-corrected chi connectivity index (χ1v) is 10.0. The third kappa shape index (κ3) is 4.24. The van der Waals surface area contributed by atoms with Gasteiger partial charge in [-0.05, 0) is 50.5 Å². The van der Waals surface area contributed by atoms with Gasteiger partial charge in [0.2, 0.25) is 5.91 Å². The van der Waals surface area contributed by atoms with Crippen LogP contribution in [0.4, 0.5) is 5.00 Å². The quantitative estimate of drug-likeness (QED) is 0.574. The summed E-state index contributed by atoms with van der Waals surface area (Å²) in [6.45, 7) is 5.78. The summed E-state index contributed by atoms with van der Waals surface area (Å²) in [7, 11) is 0. The lowest BCUT2D eigenvalue weighted by Gasteiger charge is -2.07. The summed E-state index contributed by atoms with van der Waals surface area (Å²) in [4.78, 5) is 28.8. The molecule has 3 rings (SSSR count). The lowest BCUT2D eigenvalue weighted by atomic mass is 10.1. The molecule has 0 atom stereocenters. The molecule has 134 valence electrons. The molecular weight excluding hydrogens is 360 g/mol. The second-order valence-corrected chi connectivity index (χ2v) is 7.65. The Morgan fingerprint density at radius 3 is 2.80 bits per heavy atom. The number of nitrogens with zero attached hydrogens (tertiary/aromatic N) is 1. The Balaban J connectivity index is 1.67. The highest BCUT2D eigenvalue weighted by molar-refractivity contribution is 7.99. The number of esters is 1. The fourth-order valence-corrected chi connectivity index (χ4v) is 4.13. The second-order valence-electron chi connectivity index (χ2n) is 5.85. The van der Waals surface area contributed by atoms with E-state index in [1.54, 1.807) is 6.92 Å². The minimum absolute atomic E-state index is 0.165. The summed E-state index contributed by atoms with van der Waals surface area (Å²) < 4.78 is 10.6. The summed E-state index contributed by atoms with van der Waals surface area (Å²) in [5.41, 5.74) is 2.32. The van der Waals surface area contributed by atoms with E-state index in [-0.39, 0.29) is 17.6 Å². The molecule has 0 unspecified atom stereocenters. The van der Waals surface area contributed by atoms with Gasteiger partial charge in [-0.25, -0.2) is 9.78 Å². The number of carbonyl (C=O) groups is 2. The lowest BCUT2D eigenvalue weighted by molar-refractivity contribution is -0.113. The minimum Gasteiger partial charge on any atom is -0.462 e. The van der Waals surface area contributed by atoms with Crippen molar-refractivity contribution in [2.24, 2.45) is 0 Å². The highest BCUT2D eigenvalue weighted by Crippen LogP contribution is 2.46. The molecular formula is C17H20N2O4S2. The Labute approximate surface area is 154 Å². The van der Waals surface area contributed by atoms with Gasteiger partial charge >= 0.3 is 5.97 Å². The van der Waals surface area contributed by atoms with E-state index < -0.39 is 0 Å². The number of thiophene rings is 1. The fraction of sp³-hybridized carbons (Fsp3) is 0.471. The molecule has 0 saturated heterocycles. The summed E-state index contributed by atoms with van der Waals surface area (Å²) in [6, 6.07) is 0. The van der Waals surface area contributed by atoms with Gasteiger partial charge in [-0.3, -0.25) is 4.79 Å². The van der Waals surface area contributed by atoms with Crippen LogP contribution < -0.4 is 5.32 Å². The van der Waals surface area contributed by atoms with Gasteiger partial charge in [0.1, 0.15) is 10.8 Å². The van der Waals surface area contributed by atoms with Gasteiger partial charge in [0.25, 0.3) is 5.22 Å². The normalized spacial score (nSPS) is 13.7. The van der Waals surface area contributed by atoms with Gasteiger partial charge in [-0.1, -0.05) is 11.8 Å². The van der Waals surface area contributed by atoms with Crippen molar-refractivity contribution in [1.29, 1.82) is 0 Å². The Morgan fingerprint density at radius 1 is 1.44 bits per heavy atom. The first-order valence-electron chi connectivity index (χ1n) is 8.14. The van der Waals surface area contributed by atoms with Gasteiger partial charge < -0.3 is 14.5 Å². The maximum atomic E-state index is 12.3. The Hall–Kier alpha value is -1.80. The van der Waals surface area contributed by atoms with Crippen molar-refractivity contribution in [2.75, 3.05) is 17.7 Å². The second kappa shape index (κ2) is 7.61. The molecule has 0 aliphatic heterocycles. The van der Waals surface area contributed by atoms with Crippen molar-refractivity contribution in [3.05, 3.63) is 28.0 Å². The van der Waals surface area contributed by atoms with E-state index in [0.29, 0.717) is 28.3 Å². The Kier molecular flexibility index (Phi) is 5.48. The third-order valence-electron chi connectivity index (χ3n) is 3.90. The zero-order chi connectivity index (χ0) is 18.0. The highest BCUT2D eigenvalue weighted by atomic mass is 32.2. The van der Waals surface area contributed by atoms with E-state index in [2.05, 4.69) is 10.3 Å². The van der Waals surface area contributed by atoms with Crippen LogP contribution in [0.2, 0.25) is 0 Å². The number of amides is 1. The van der Waals surface area contributed by atoms with Gasteiger partial charge in [-0.15, -0.1) is 11.3 Å². The number of anilines is 1. The van der Waals surface area contributed by atoms with E-state index in [1.807, 2.05) is 19.2 Å². The van der Waals surface area contributed by atoms with E-state index in [1.165, 1.54) is 23.1 Å². The lowest BCUT2D eigenvalue weighted by Crippen LogP contribution is -2.16. The van der Waals surface area contributed by atoms with Crippen molar-refractivity contribution >= 4 is 40.0 Å². The summed E-state index contributed by atoms with van der Waals surface area (Å²) in [5, 5.41) is 5.82. The number of hydrogen-bond donors (Lipinski definition) is 1. The van der Waals surface area contributed by atoms with Crippen molar-refractivity contribution in [3.8, 4) is 0 Å². The topological polar surface area (TPSA) is 81.4 Å². The van der Waals surface area contributed by atoms with Crippen LogP contribution in [0.1, 0.15) is 53.1 Å². The smallest absolute Gasteiger partial charge is 0.341 e. The van der Waals surface area contributed by atoms with E-state index >= 15 is 0 Å². The molecule has 2 aromatic rings. The molecule has 8 heteroatoms. The molecule has 0 bridgehead atoms. The molecule has 2 heterocycles. The molecule has 1 fully saturated rings. The van der Waals surface area contributed by atoms with Crippen LogP contribution >= 0.6 is 23.1 Å². The van der Waals surface area contributed by atoms with Crippen LogP contribution in [-0.2, 0) is 9.53 Å². The molecule has 1 saturated carbocycles. The number of oxazole rings is 1. The largest absolute Gasteiger partial charge is 0.462 e. The van der Waals surface area contributed by atoms with Crippen molar-refractivity contribution < 1.29 is 18.7 Å². The average Bonchev–Trinajstić information content (AvgIpc) is 3.25. The summed E-state index contributed by atoms with van der Waals surface area (Å²) in [5.74, 6) is 0.757. The SMILES string of the molecule is CCOC(=O)c1c(C2CC2)csc1NC(=O)CSc1nc(C)c(C)o1. The van der Waals surface area contributed by atoms with Crippen LogP contribution in [-0.4, -0.2) is 29.2 Å². The molecule has 25 heavy (non-hydrogen) atoms. The molecule has 2 aromatic heterocycles. The number of carbonyl (C=O) groups excluding carboxylic acids is 2. The molecule has 0 aromatic carbocycles. The minimum atomic E-state index is -0.368. The van der Waals surface area contributed by atoms with E-state index in [4.69, 9.17) is 9.15 Å². The van der Waals surface area contributed by atoms with Crippen LogP contribution in [0.5, 0.6) is 0 Å². The predicted octanol–water partition coefficient (Wildman–Crippen LogP) is 4.14. The molecule has 6 nitrogen and oxygen atoms in total. The average molecular weight is 380 g/mol. The zero-order valence-corrected chi connectivity index (χ0v) is 16.0. The molecule has 1 aliphatic rings. The third-order valence-corrected chi connectivity index (χ3v) is 5.65. The number of ether oxygens (including phenoxy) is 1. The Bertz CT molecular complexity index is 773. The van der Waals surface area contributed by atoms with Gasteiger partial charge in [0.15, 0.2) is 0 Å². The number of thioether (sulfide) groups is 1. The molecule has 1 amide bonds. The first-order chi connectivity index (χ1) is 12.0. The van der Waals surface area contributed by atoms with Gasteiger partial charge in [-0.2, -0.15) is 0 Å². The van der Waals surface area contributed by atoms with Crippen molar-refractivity contribution in [1.82, 2.24) is 4.98 Å². The van der Waals surface area contributed by atoms with Crippen LogP contribution in [0.15, 0.2) is 15.0 Å². The number of rotatable bonds is 7. The van der Waals surface area contributed by atoms with Gasteiger partial charge in [0.05, 0.1) is 23.6 Å². The first kappa shape index (κ1) is 18.0. The van der Waals surface area contributed by atoms with E-state index in [9.17, 15) is 9.59 Å². The molecule has 1 aliphatic carbocycles. The van der Waals surface area contributed by atoms with Gasteiger partial charge in [0, 0.05) is 0 Å². The summed E-state index contributed by atoms with van der Waals surface area (Å²) in [6.07, 6.45) is 2.16. The maximum Gasteiger partial charge on any atom is 0.341 e. The van der Waals surface area contributed by atoms with Crippen LogP contribution in [0.3, 0.4) is 0 Å². The number of aromatic nitrogens is 1. The van der Waals surface area contributed by atoms with Crippen LogP contribution in [0.25, 0.3) is 0 Å². The van der Waals surface area contributed by atoms with Crippen molar-refractivity contribution in [2.45, 2.75) is 44.8 Å². The Morgan fingerprint density at radius 2 is 2.20 bits per heavy atom. The van der Waals surface area contributed by atoms with Crippen LogP contribution in [0, 0.1) is 13.8 Å². The monoisotopic (exact) mass is 380 g/mol. The number of nitrogens with one attached hydrogen (secondary N) is 1.